The topological polar surface area (TPSA) is 78.8 Å². The molecule has 28 heavy (non-hydrogen) atoms. The Balaban J connectivity index is 1.81. The third-order valence-electron chi connectivity index (χ3n) is 4.80. The van der Waals surface area contributed by atoms with Gasteiger partial charge in [0.2, 0.25) is 0 Å². The van der Waals surface area contributed by atoms with E-state index in [-0.39, 0.29) is 11.4 Å². The number of H-pyrrole nitrogens is 1. The summed E-state index contributed by atoms with van der Waals surface area (Å²) in [6.45, 7) is 3.88. The minimum atomic E-state index is -0.214. The molecule has 0 bridgehead atoms. The van der Waals surface area contributed by atoms with Crippen molar-refractivity contribution in [1.82, 2.24) is 9.97 Å². The number of aromatic nitrogens is 2. The number of aryl methyl sites for hydroxylation is 2. The van der Waals surface area contributed by atoms with Crippen molar-refractivity contribution in [3.8, 4) is 11.8 Å². The number of hydrogen-bond acceptors (Lipinski definition) is 5. The van der Waals surface area contributed by atoms with Gasteiger partial charge in [0.25, 0.3) is 5.56 Å². The lowest BCUT2D eigenvalue weighted by atomic mass is 10.0. The van der Waals surface area contributed by atoms with Crippen molar-refractivity contribution in [2.24, 2.45) is 0 Å². The summed E-state index contributed by atoms with van der Waals surface area (Å²) < 4.78 is 5.25. The van der Waals surface area contributed by atoms with Gasteiger partial charge < -0.3 is 9.72 Å². The number of benzene rings is 2. The molecule has 6 heteroatoms. The van der Waals surface area contributed by atoms with Gasteiger partial charge in [-0.3, -0.25) is 4.79 Å². The monoisotopic (exact) mass is 387 g/mol. The van der Waals surface area contributed by atoms with Crippen molar-refractivity contribution >= 4 is 44.0 Å². The van der Waals surface area contributed by atoms with Crippen molar-refractivity contribution in [1.29, 1.82) is 5.26 Å². The van der Waals surface area contributed by atoms with Crippen LogP contribution < -0.4 is 10.3 Å². The molecule has 2 aromatic heterocycles. The first kappa shape index (κ1) is 18.0. The van der Waals surface area contributed by atoms with E-state index in [1.807, 2.05) is 50.2 Å². The number of methoxy groups -OCH3 is 1. The number of fused-ring (bicyclic) bond motifs is 2. The molecule has 0 saturated heterocycles. The van der Waals surface area contributed by atoms with Crippen LogP contribution in [0, 0.1) is 25.2 Å². The van der Waals surface area contributed by atoms with E-state index in [4.69, 9.17) is 4.74 Å². The summed E-state index contributed by atoms with van der Waals surface area (Å²) >= 11 is 1.47. The van der Waals surface area contributed by atoms with Gasteiger partial charge in [-0.25, -0.2) is 4.98 Å². The highest BCUT2D eigenvalue weighted by Gasteiger charge is 2.14. The van der Waals surface area contributed by atoms with E-state index in [9.17, 15) is 10.1 Å². The van der Waals surface area contributed by atoms with Gasteiger partial charge in [0, 0.05) is 4.88 Å². The molecule has 0 spiro atoms. The molecule has 138 valence electrons. The van der Waals surface area contributed by atoms with E-state index >= 15 is 0 Å². The van der Waals surface area contributed by atoms with Crippen LogP contribution in [0.3, 0.4) is 0 Å². The van der Waals surface area contributed by atoms with Crippen LogP contribution in [0.2, 0.25) is 0 Å². The zero-order chi connectivity index (χ0) is 19.8. The molecule has 2 heterocycles. The highest BCUT2D eigenvalue weighted by atomic mass is 32.1. The van der Waals surface area contributed by atoms with Crippen LogP contribution >= 0.6 is 11.3 Å². The molecule has 4 rings (SSSR count). The summed E-state index contributed by atoms with van der Waals surface area (Å²) in [5, 5.41) is 12.3. The minimum absolute atomic E-state index is 0.214. The SMILES string of the molecule is COc1ccc2cc(/C=C(\C#N)c3nc4sc(C)c(C)c4c(=O)[nH]3)ccc2c1. The van der Waals surface area contributed by atoms with Crippen LogP contribution in [0.25, 0.3) is 32.6 Å². The van der Waals surface area contributed by atoms with Crippen molar-refractivity contribution in [3.05, 3.63) is 68.6 Å². The average molecular weight is 387 g/mol. The minimum Gasteiger partial charge on any atom is -0.497 e. The average Bonchev–Trinajstić information content (AvgIpc) is 2.99. The fourth-order valence-corrected chi connectivity index (χ4v) is 4.19. The summed E-state index contributed by atoms with van der Waals surface area (Å²) in [6.07, 6.45) is 1.74. The molecule has 1 N–H and O–H groups in total. The van der Waals surface area contributed by atoms with Crippen LogP contribution in [-0.4, -0.2) is 17.1 Å². The molecule has 0 amide bonds. The van der Waals surface area contributed by atoms with Crippen LogP contribution in [0.5, 0.6) is 5.75 Å². The van der Waals surface area contributed by atoms with Gasteiger partial charge in [-0.15, -0.1) is 11.3 Å². The highest BCUT2D eigenvalue weighted by Crippen LogP contribution is 2.27. The lowest BCUT2D eigenvalue weighted by Crippen LogP contribution is -2.10. The molecule has 0 fully saturated rings. The van der Waals surface area contributed by atoms with Crippen molar-refractivity contribution < 1.29 is 4.74 Å². The van der Waals surface area contributed by atoms with E-state index in [1.165, 1.54) is 11.3 Å². The predicted molar refractivity (Wildman–Crippen MR) is 114 cm³/mol. The molecule has 0 aliphatic rings. The lowest BCUT2D eigenvalue weighted by Gasteiger charge is -2.04. The fraction of sp³-hybridized carbons (Fsp3) is 0.136. The molecular weight excluding hydrogens is 370 g/mol. The van der Waals surface area contributed by atoms with Crippen LogP contribution in [-0.2, 0) is 0 Å². The zero-order valence-corrected chi connectivity index (χ0v) is 16.5. The Morgan fingerprint density at radius 1 is 1.21 bits per heavy atom. The Bertz CT molecular complexity index is 1360. The Hall–Kier alpha value is -3.43. The first-order valence-corrected chi connectivity index (χ1v) is 9.52. The standard InChI is InChI=1S/C22H17N3O2S/c1-12-13(2)28-22-19(12)21(26)24-20(25-22)17(11-23)9-14-4-5-16-10-18(27-3)7-6-15(16)8-14/h4-10H,1-3H3,(H,24,25,26)/b17-9+. The van der Waals surface area contributed by atoms with Crippen molar-refractivity contribution in [2.45, 2.75) is 13.8 Å². The van der Waals surface area contributed by atoms with E-state index in [2.05, 4.69) is 16.0 Å². The molecule has 5 nitrogen and oxygen atoms in total. The number of nitrogens with zero attached hydrogens (tertiary/aromatic N) is 2. The number of rotatable bonds is 3. The second kappa shape index (κ2) is 6.95. The first-order chi connectivity index (χ1) is 13.5. The quantitative estimate of drug-likeness (QED) is 0.511. The zero-order valence-electron chi connectivity index (χ0n) is 15.7. The number of aromatic amines is 1. The number of allylic oxidation sites excluding steroid dienone is 1. The lowest BCUT2D eigenvalue weighted by molar-refractivity contribution is 0.415. The third-order valence-corrected chi connectivity index (χ3v) is 5.90. The summed E-state index contributed by atoms with van der Waals surface area (Å²) in [7, 11) is 1.64. The maximum absolute atomic E-state index is 12.5. The molecule has 0 atom stereocenters. The van der Waals surface area contributed by atoms with Gasteiger partial charge in [-0.1, -0.05) is 18.2 Å². The van der Waals surface area contributed by atoms with Gasteiger partial charge in [0.15, 0.2) is 5.82 Å². The Labute approximate surface area is 165 Å². The largest absolute Gasteiger partial charge is 0.497 e. The second-order valence-electron chi connectivity index (χ2n) is 6.52. The molecule has 0 saturated carbocycles. The fourth-order valence-electron chi connectivity index (χ4n) is 3.16. The second-order valence-corrected chi connectivity index (χ2v) is 7.72. The molecule has 0 unspecified atom stereocenters. The van der Waals surface area contributed by atoms with Crippen LogP contribution in [0.1, 0.15) is 21.8 Å². The predicted octanol–water partition coefficient (Wildman–Crippen LogP) is 4.83. The first-order valence-electron chi connectivity index (χ1n) is 8.70. The summed E-state index contributed by atoms with van der Waals surface area (Å²) in [4.78, 5) is 21.5. The van der Waals surface area contributed by atoms with Gasteiger partial charge in [-0.2, -0.15) is 5.26 Å². The van der Waals surface area contributed by atoms with Crippen LogP contribution in [0.15, 0.2) is 41.2 Å². The molecule has 2 aromatic carbocycles. The number of nitriles is 1. The number of thiophene rings is 1. The Kier molecular flexibility index (Phi) is 4.46. The Morgan fingerprint density at radius 3 is 2.71 bits per heavy atom. The summed E-state index contributed by atoms with van der Waals surface area (Å²) in [6, 6.07) is 13.9. The van der Waals surface area contributed by atoms with E-state index in [0.29, 0.717) is 15.8 Å². The van der Waals surface area contributed by atoms with Gasteiger partial charge in [0.05, 0.1) is 18.1 Å². The molecule has 0 radical (unpaired) electrons. The normalized spacial score (nSPS) is 11.7. The smallest absolute Gasteiger partial charge is 0.260 e. The summed E-state index contributed by atoms with van der Waals surface area (Å²) in [5.74, 6) is 1.08. The third kappa shape index (κ3) is 3.06. The van der Waals surface area contributed by atoms with E-state index in [1.54, 1.807) is 13.2 Å². The van der Waals surface area contributed by atoms with Gasteiger partial charge in [-0.05, 0) is 60.0 Å². The van der Waals surface area contributed by atoms with E-state index in [0.717, 1.165) is 32.5 Å². The van der Waals surface area contributed by atoms with Gasteiger partial charge in [0.1, 0.15) is 16.6 Å². The van der Waals surface area contributed by atoms with Crippen molar-refractivity contribution in [2.75, 3.05) is 7.11 Å². The molecule has 0 aliphatic carbocycles. The van der Waals surface area contributed by atoms with Gasteiger partial charge >= 0.3 is 0 Å². The van der Waals surface area contributed by atoms with E-state index < -0.39 is 0 Å². The number of nitrogens with one attached hydrogen (secondary N) is 1. The number of ether oxygens (including phenoxy) is 1. The van der Waals surface area contributed by atoms with Crippen LogP contribution in [0.4, 0.5) is 0 Å². The number of hydrogen-bond donors (Lipinski definition) is 1. The molecule has 4 aromatic rings. The summed E-state index contributed by atoms with van der Waals surface area (Å²) in [5.41, 5.74) is 1.90. The maximum atomic E-state index is 12.5. The van der Waals surface area contributed by atoms with Crippen molar-refractivity contribution in [3.63, 3.8) is 0 Å². The Morgan fingerprint density at radius 2 is 1.96 bits per heavy atom. The maximum Gasteiger partial charge on any atom is 0.260 e. The highest BCUT2D eigenvalue weighted by molar-refractivity contribution is 7.18. The molecule has 0 aliphatic heterocycles. The molecular formula is C22H17N3O2S.